The molecular formula is C18H15ClN4O4. The average Bonchev–Trinajstić information content (AvgIpc) is 2.67. The van der Waals surface area contributed by atoms with Crippen LogP contribution < -0.4 is 21.2 Å². The van der Waals surface area contributed by atoms with Crippen molar-refractivity contribution < 1.29 is 9.53 Å². The number of pyridine rings is 1. The molecule has 0 atom stereocenters. The van der Waals surface area contributed by atoms with Crippen LogP contribution in [0.5, 0.6) is 5.75 Å². The van der Waals surface area contributed by atoms with Crippen molar-refractivity contribution in [3.8, 4) is 11.4 Å². The van der Waals surface area contributed by atoms with Gasteiger partial charge in [0.1, 0.15) is 12.3 Å². The molecule has 0 aliphatic rings. The maximum Gasteiger partial charge on any atom is 0.321 e. The van der Waals surface area contributed by atoms with Crippen molar-refractivity contribution in [3.63, 3.8) is 0 Å². The fraction of sp³-hybridized carbons (Fsp3) is 0.111. The van der Waals surface area contributed by atoms with E-state index in [0.29, 0.717) is 17.1 Å². The van der Waals surface area contributed by atoms with Crippen LogP contribution in [-0.2, 0) is 11.3 Å². The Bertz CT molecular complexity index is 1110. The fourth-order valence-corrected chi connectivity index (χ4v) is 2.64. The molecule has 3 rings (SSSR count). The predicted molar refractivity (Wildman–Crippen MR) is 101 cm³/mol. The van der Waals surface area contributed by atoms with Crippen LogP contribution in [0.25, 0.3) is 5.69 Å². The number of ether oxygens (including phenoxy) is 1. The van der Waals surface area contributed by atoms with E-state index in [4.69, 9.17) is 16.3 Å². The quantitative estimate of drug-likeness (QED) is 0.532. The van der Waals surface area contributed by atoms with Crippen molar-refractivity contribution in [2.24, 2.45) is 0 Å². The second kappa shape index (κ2) is 7.88. The number of carbonyl (C=O) groups is 1. The van der Waals surface area contributed by atoms with Crippen LogP contribution in [0.1, 0.15) is 0 Å². The van der Waals surface area contributed by atoms with E-state index < -0.39 is 17.0 Å². The molecule has 0 radical (unpaired) electrons. The molecule has 0 fully saturated rings. The maximum atomic E-state index is 12.5. The summed E-state index contributed by atoms with van der Waals surface area (Å²) in [5.41, 5.74) is -0.884. The van der Waals surface area contributed by atoms with Gasteiger partial charge < -0.3 is 10.1 Å². The summed E-state index contributed by atoms with van der Waals surface area (Å²) in [5.74, 6) is -0.0674. The number of nitrogens with zero attached hydrogens (tertiary/aromatic N) is 3. The molecule has 0 saturated heterocycles. The van der Waals surface area contributed by atoms with E-state index in [1.54, 1.807) is 36.4 Å². The zero-order chi connectivity index (χ0) is 19.4. The fourth-order valence-electron chi connectivity index (χ4n) is 2.48. The van der Waals surface area contributed by atoms with Crippen LogP contribution in [0.3, 0.4) is 0 Å². The first kappa shape index (κ1) is 18.4. The average molecular weight is 387 g/mol. The number of anilines is 1. The standard InChI is InChI=1S/C18H15ClN4O4/c1-27-14-7-3-2-6-13(14)23-10-9-22(17(25)18(23)26)11-15(24)21-12-5-4-8-20-16(12)19/h2-10H,11H2,1H3,(H,21,24). The van der Waals surface area contributed by atoms with Crippen molar-refractivity contribution in [3.05, 3.63) is 80.8 Å². The Hall–Kier alpha value is -3.39. The van der Waals surface area contributed by atoms with Gasteiger partial charge >= 0.3 is 11.1 Å². The first-order valence-corrected chi connectivity index (χ1v) is 8.25. The third-order valence-electron chi connectivity index (χ3n) is 3.75. The Morgan fingerprint density at radius 2 is 1.93 bits per heavy atom. The van der Waals surface area contributed by atoms with Crippen molar-refractivity contribution in [2.45, 2.75) is 6.54 Å². The van der Waals surface area contributed by atoms with E-state index in [1.807, 2.05) is 0 Å². The molecule has 2 heterocycles. The first-order valence-electron chi connectivity index (χ1n) is 7.87. The minimum absolute atomic E-state index is 0.129. The minimum Gasteiger partial charge on any atom is -0.495 e. The zero-order valence-electron chi connectivity index (χ0n) is 14.3. The Kier molecular flexibility index (Phi) is 5.37. The molecule has 0 spiro atoms. The van der Waals surface area contributed by atoms with Gasteiger partial charge in [0, 0.05) is 18.6 Å². The van der Waals surface area contributed by atoms with Crippen LogP contribution >= 0.6 is 11.6 Å². The number of benzene rings is 1. The molecule has 0 aliphatic carbocycles. The molecule has 2 aromatic heterocycles. The molecule has 9 heteroatoms. The molecule has 0 bridgehead atoms. The third-order valence-corrected chi connectivity index (χ3v) is 4.05. The van der Waals surface area contributed by atoms with E-state index >= 15 is 0 Å². The molecule has 0 unspecified atom stereocenters. The number of hydrogen-bond donors (Lipinski definition) is 1. The summed E-state index contributed by atoms with van der Waals surface area (Å²) < 4.78 is 7.41. The van der Waals surface area contributed by atoms with Crippen molar-refractivity contribution >= 4 is 23.2 Å². The number of rotatable bonds is 5. The van der Waals surface area contributed by atoms with Gasteiger partial charge in [-0.1, -0.05) is 23.7 Å². The SMILES string of the molecule is COc1ccccc1-n1ccn(CC(=O)Nc2cccnc2Cl)c(=O)c1=O. The van der Waals surface area contributed by atoms with Crippen LogP contribution in [0.4, 0.5) is 5.69 Å². The Morgan fingerprint density at radius 1 is 1.15 bits per heavy atom. The molecule has 1 amide bonds. The van der Waals surface area contributed by atoms with E-state index in [9.17, 15) is 14.4 Å². The second-order valence-corrected chi connectivity index (χ2v) is 5.83. The molecule has 1 aromatic carbocycles. The predicted octanol–water partition coefficient (Wildman–Crippen LogP) is 1.69. The summed E-state index contributed by atoms with van der Waals surface area (Å²) in [5, 5.41) is 2.68. The monoisotopic (exact) mass is 386 g/mol. The highest BCUT2D eigenvalue weighted by atomic mass is 35.5. The Balaban J connectivity index is 1.88. The lowest BCUT2D eigenvalue weighted by molar-refractivity contribution is -0.116. The first-order chi connectivity index (χ1) is 13.0. The number of amides is 1. The highest BCUT2D eigenvalue weighted by Crippen LogP contribution is 2.20. The minimum atomic E-state index is -0.837. The van der Waals surface area contributed by atoms with Crippen molar-refractivity contribution in [1.82, 2.24) is 14.1 Å². The molecule has 0 saturated carbocycles. The zero-order valence-corrected chi connectivity index (χ0v) is 15.0. The topological polar surface area (TPSA) is 95.2 Å². The van der Waals surface area contributed by atoms with Gasteiger partial charge in [0.05, 0.1) is 18.5 Å². The van der Waals surface area contributed by atoms with Gasteiger partial charge in [0.25, 0.3) is 0 Å². The lowest BCUT2D eigenvalue weighted by atomic mass is 10.3. The number of aromatic nitrogens is 3. The van der Waals surface area contributed by atoms with E-state index in [0.717, 1.165) is 4.57 Å². The van der Waals surface area contributed by atoms with E-state index in [1.165, 1.54) is 30.3 Å². The summed E-state index contributed by atoms with van der Waals surface area (Å²) in [6.07, 6.45) is 4.26. The van der Waals surface area contributed by atoms with Gasteiger partial charge in [-0.05, 0) is 24.3 Å². The third kappa shape index (κ3) is 3.90. The number of hydrogen-bond acceptors (Lipinski definition) is 5. The summed E-state index contributed by atoms with van der Waals surface area (Å²) in [6, 6.07) is 10.0. The molecular weight excluding hydrogens is 372 g/mol. The smallest absolute Gasteiger partial charge is 0.321 e. The van der Waals surface area contributed by atoms with Gasteiger partial charge in [0.15, 0.2) is 5.15 Å². The Labute approximate surface area is 158 Å². The van der Waals surface area contributed by atoms with Gasteiger partial charge in [-0.2, -0.15) is 0 Å². The molecule has 3 aromatic rings. The highest BCUT2D eigenvalue weighted by Gasteiger charge is 2.13. The van der Waals surface area contributed by atoms with Gasteiger partial charge in [-0.3, -0.25) is 23.5 Å². The van der Waals surface area contributed by atoms with Gasteiger partial charge in [-0.25, -0.2) is 4.98 Å². The number of halogens is 1. The number of para-hydroxylation sites is 2. The highest BCUT2D eigenvalue weighted by molar-refractivity contribution is 6.32. The summed E-state index contributed by atoms with van der Waals surface area (Å²) in [6.45, 7) is -0.341. The number of nitrogens with one attached hydrogen (secondary N) is 1. The lowest BCUT2D eigenvalue weighted by Crippen LogP contribution is -2.41. The van der Waals surface area contributed by atoms with Crippen LogP contribution in [0.2, 0.25) is 5.15 Å². The van der Waals surface area contributed by atoms with Crippen LogP contribution in [-0.4, -0.2) is 27.1 Å². The summed E-state index contributed by atoms with van der Waals surface area (Å²) >= 11 is 5.89. The largest absolute Gasteiger partial charge is 0.495 e. The normalized spacial score (nSPS) is 10.4. The van der Waals surface area contributed by atoms with E-state index in [-0.39, 0.29) is 11.7 Å². The molecule has 0 aliphatic heterocycles. The number of carbonyl (C=O) groups excluding carboxylic acids is 1. The molecule has 8 nitrogen and oxygen atoms in total. The molecule has 138 valence electrons. The molecule has 1 N–H and O–H groups in total. The number of methoxy groups -OCH3 is 1. The van der Waals surface area contributed by atoms with Crippen molar-refractivity contribution in [2.75, 3.05) is 12.4 Å². The Morgan fingerprint density at radius 3 is 2.67 bits per heavy atom. The summed E-state index contributed by atoms with van der Waals surface area (Å²) in [7, 11) is 1.47. The van der Waals surface area contributed by atoms with Gasteiger partial charge in [-0.15, -0.1) is 0 Å². The van der Waals surface area contributed by atoms with Crippen LogP contribution in [0.15, 0.2) is 64.6 Å². The molecule has 27 heavy (non-hydrogen) atoms. The van der Waals surface area contributed by atoms with Crippen LogP contribution in [0, 0.1) is 0 Å². The lowest BCUT2D eigenvalue weighted by Gasteiger charge is -2.12. The summed E-state index contributed by atoms with van der Waals surface area (Å²) in [4.78, 5) is 40.9. The van der Waals surface area contributed by atoms with Gasteiger partial charge in [0.2, 0.25) is 5.91 Å². The van der Waals surface area contributed by atoms with E-state index in [2.05, 4.69) is 10.3 Å². The second-order valence-electron chi connectivity index (χ2n) is 5.47. The van der Waals surface area contributed by atoms with Crippen molar-refractivity contribution in [1.29, 1.82) is 0 Å². The maximum absolute atomic E-state index is 12.5.